The van der Waals surface area contributed by atoms with E-state index in [0.29, 0.717) is 6.42 Å². The van der Waals surface area contributed by atoms with Crippen LogP contribution in [-0.4, -0.2) is 33.5 Å². The van der Waals surface area contributed by atoms with Gasteiger partial charge in [0.05, 0.1) is 6.04 Å². The molecule has 2 aromatic rings. The van der Waals surface area contributed by atoms with Gasteiger partial charge in [-0.2, -0.15) is 0 Å². The molecule has 0 spiro atoms. The van der Waals surface area contributed by atoms with Gasteiger partial charge in [0.2, 0.25) is 0 Å². The van der Waals surface area contributed by atoms with Crippen molar-refractivity contribution in [3.63, 3.8) is 0 Å². The Balaban J connectivity index is 2.08. The number of benzene rings is 1. The maximum Gasteiger partial charge on any atom is 0.320 e. The molecule has 2 atom stereocenters. The van der Waals surface area contributed by atoms with Gasteiger partial charge >= 0.3 is 5.97 Å². The van der Waals surface area contributed by atoms with Crippen LogP contribution < -0.4 is 0 Å². The SMILES string of the molecule is Cc1cnccc1C(c1ccccc1)N1CCCCC1C(=O)O. The fraction of sp³-hybridized carbons (Fsp3) is 0.368. The van der Waals surface area contributed by atoms with Gasteiger partial charge in [-0.05, 0) is 49.1 Å². The molecule has 3 rings (SSSR count). The molecule has 0 aliphatic carbocycles. The summed E-state index contributed by atoms with van der Waals surface area (Å²) in [6, 6.07) is 11.7. The molecule has 2 heterocycles. The molecule has 1 aliphatic heterocycles. The van der Waals surface area contributed by atoms with E-state index in [2.05, 4.69) is 22.0 Å². The summed E-state index contributed by atoms with van der Waals surface area (Å²) in [4.78, 5) is 18.1. The quantitative estimate of drug-likeness (QED) is 0.940. The molecule has 2 unspecified atom stereocenters. The number of pyridine rings is 1. The number of aromatic nitrogens is 1. The van der Waals surface area contributed by atoms with Gasteiger partial charge in [-0.3, -0.25) is 14.7 Å². The van der Waals surface area contributed by atoms with Crippen LogP contribution in [-0.2, 0) is 4.79 Å². The summed E-state index contributed by atoms with van der Waals surface area (Å²) in [6.07, 6.45) is 6.37. The Hall–Kier alpha value is -2.20. The van der Waals surface area contributed by atoms with Gasteiger partial charge in [0.25, 0.3) is 0 Å². The van der Waals surface area contributed by atoms with E-state index in [1.165, 1.54) is 0 Å². The molecular formula is C19H22N2O2. The van der Waals surface area contributed by atoms with Crippen LogP contribution in [0, 0.1) is 6.92 Å². The second kappa shape index (κ2) is 6.92. The van der Waals surface area contributed by atoms with Gasteiger partial charge in [-0.25, -0.2) is 0 Å². The Morgan fingerprint density at radius 1 is 1.26 bits per heavy atom. The number of hydrogen-bond acceptors (Lipinski definition) is 3. The lowest BCUT2D eigenvalue weighted by Gasteiger charge is -2.40. The van der Waals surface area contributed by atoms with Crippen molar-refractivity contribution >= 4 is 5.97 Å². The number of carbonyl (C=O) groups is 1. The van der Waals surface area contributed by atoms with Crippen LogP contribution in [0.3, 0.4) is 0 Å². The van der Waals surface area contributed by atoms with Gasteiger partial charge < -0.3 is 5.11 Å². The summed E-state index contributed by atoms with van der Waals surface area (Å²) in [7, 11) is 0. The van der Waals surface area contributed by atoms with Crippen molar-refractivity contribution in [3.05, 3.63) is 65.5 Å². The number of aryl methyl sites for hydroxylation is 1. The minimum absolute atomic E-state index is 0.0411. The highest BCUT2D eigenvalue weighted by molar-refractivity contribution is 5.73. The summed E-state index contributed by atoms with van der Waals surface area (Å²) in [5.74, 6) is -0.725. The minimum atomic E-state index is -0.725. The normalized spacial score (nSPS) is 20.1. The zero-order valence-electron chi connectivity index (χ0n) is 13.4. The molecule has 1 aromatic carbocycles. The van der Waals surface area contributed by atoms with Crippen LogP contribution in [0.4, 0.5) is 0 Å². The third-order valence-electron chi connectivity index (χ3n) is 4.63. The summed E-state index contributed by atoms with van der Waals surface area (Å²) < 4.78 is 0. The second-order valence-corrected chi connectivity index (χ2v) is 6.13. The molecule has 1 saturated heterocycles. The average molecular weight is 310 g/mol. The molecule has 0 saturated carbocycles. The Morgan fingerprint density at radius 2 is 2.04 bits per heavy atom. The number of rotatable bonds is 4. The number of nitrogens with zero attached hydrogens (tertiary/aromatic N) is 2. The van der Waals surface area contributed by atoms with Crippen molar-refractivity contribution in [1.29, 1.82) is 0 Å². The highest BCUT2D eigenvalue weighted by Gasteiger charge is 2.35. The lowest BCUT2D eigenvalue weighted by molar-refractivity contribution is -0.145. The molecular weight excluding hydrogens is 288 g/mol. The molecule has 4 heteroatoms. The number of carboxylic acid groups (broad SMARTS) is 1. The monoisotopic (exact) mass is 310 g/mol. The number of aliphatic carboxylic acids is 1. The molecule has 0 amide bonds. The Labute approximate surface area is 136 Å². The minimum Gasteiger partial charge on any atom is -0.480 e. The molecule has 0 bridgehead atoms. The van der Waals surface area contributed by atoms with Crippen molar-refractivity contribution in [2.75, 3.05) is 6.54 Å². The van der Waals surface area contributed by atoms with Crippen LogP contribution in [0.15, 0.2) is 48.8 Å². The first-order valence-electron chi connectivity index (χ1n) is 8.12. The third-order valence-corrected chi connectivity index (χ3v) is 4.63. The number of likely N-dealkylation sites (tertiary alicyclic amines) is 1. The van der Waals surface area contributed by atoms with Crippen LogP contribution in [0.5, 0.6) is 0 Å². The maximum atomic E-state index is 11.8. The van der Waals surface area contributed by atoms with Gasteiger partial charge in [-0.1, -0.05) is 36.8 Å². The summed E-state index contributed by atoms with van der Waals surface area (Å²) in [5.41, 5.74) is 3.37. The first-order valence-corrected chi connectivity index (χ1v) is 8.12. The predicted molar refractivity (Wildman–Crippen MR) is 89.2 cm³/mol. The highest BCUT2D eigenvalue weighted by Crippen LogP contribution is 2.35. The zero-order valence-corrected chi connectivity index (χ0v) is 13.4. The van der Waals surface area contributed by atoms with E-state index < -0.39 is 12.0 Å². The van der Waals surface area contributed by atoms with E-state index in [1.54, 1.807) is 6.20 Å². The number of hydrogen-bond donors (Lipinski definition) is 1. The van der Waals surface area contributed by atoms with E-state index in [0.717, 1.165) is 36.1 Å². The molecule has 1 N–H and O–H groups in total. The second-order valence-electron chi connectivity index (χ2n) is 6.13. The van der Waals surface area contributed by atoms with E-state index >= 15 is 0 Å². The van der Waals surface area contributed by atoms with Crippen molar-refractivity contribution in [2.45, 2.75) is 38.3 Å². The lowest BCUT2D eigenvalue weighted by Crippen LogP contribution is -2.47. The van der Waals surface area contributed by atoms with E-state index in [4.69, 9.17) is 0 Å². The van der Waals surface area contributed by atoms with Crippen molar-refractivity contribution in [3.8, 4) is 0 Å². The first-order chi connectivity index (χ1) is 11.2. The smallest absolute Gasteiger partial charge is 0.320 e. The lowest BCUT2D eigenvalue weighted by atomic mass is 9.90. The summed E-state index contributed by atoms with van der Waals surface area (Å²) in [6.45, 7) is 2.84. The molecule has 120 valence electrons. The number of carboxylic acids is 1. The molecule has 1 aromatic heterocycles. The molecule has 0 radical (unpaired) electrons. The van der Waals surface area contributed by atoms with Crippen molar-refractivity contribution < 1.29 is 9.90 Å². The topological polar surface area (TPSA) is 53.4 Å². The van der Waals surface area contributed by atoms with Crippen molar-refractivity contribution in [2.24, 2.45) is 0 Å². The van der Waals surface area contributed by atoms with Crippen LogP contribution >= 0.6 is 0 Å². The first kappa shape index (κ1) is 15.7. The number of piperidine rings is 1. The van der Waals surface area contributed by atoms with Crippen LogP contribution in [0.25, 0.3) is 0 Å². The van der Waals surface area contributed by atoms with E-state index in [-0.39, 0.29) is 6.04 Å². The van der Waals surface area contributed by atoms with E-state index in [1.807, 2.05) is 37.4 Å². The fourth-order valence-electron chi connectivity index (χ4n) is 3.50. The van der Waals surface area contributed by atoms with E-state index in [9.17, 15) is 9.90 Å². The van der Waals surface area contributed by atoms with Crippen molar-refractivity contribution in [1.82, 2.24) is 9.88 Å². The van der Waals surface area contributed by atoms with Crippen LogP contribution in [0.1, 0.15) is 42.0 Å². The maximum absolute atomic E-state index is 11.8. The Morgan fingerprint density at radius 3 is 2.74 bits per heavy atom. The highest BCUT2D eigenvalue weighted by atomic mass is 16.4. The summed E-state index contributed by atoms with van der Waals surface area (Å²) >= 11 is 0. The molecule has 4 nitrogen and oxygen atoms in total. The largest absolute Gasteiger partial charge is 0.480 e. The molecule has 23 heavy (non-hydrogen) atoms. The standard InChI is InChI=1S/C19H22N2O2/c1-14-13-20-11-10-16(14)18(15-7-3-2-4-8-15)21-12-6-5-9-17(21)19(22)23/h2-4,7-8,10-11,13,17-18H,5-6,9,12H2,1H3,(H,22,23). The van der Waals surface area contributed by atoms with Gasteiger partial charge in [0.1, 0.15) is 6.04 Å². The molecule has 1 aliphatic rings. The van der Waals surface area contributed by atoms with Crippen LogP contribution in [0.2, 0.25) is 0 Å². The zero-order chi connectivity index (χ0) is 16.2. The molecule has 1 fully saturated rings. The van der Waals surface area contributed by atoms with Gasteiger partial charge in [0.15, 0.2) is 0 Å². The Kier molecular flexibility index (Phi) is 4.72. The van der Waals surface area contributed by atoms with Gasteiger partial charge in [-0.15, -0.1) is 0 Å². The third kappa shape index (κ3) is 3.27. The van der Waals surface area contributed by atoms with Gasteiger partial charge in [0, 0.05) is 12.4 Å². The average Bonchev–Trinajstić information content (AvgIpc) is 2.58. The predicted octanol–water partition coefficient (Wildman–Crippen LogP) is 3.42. The Bertz CT molecular complexity index is 672. The fourth-order valence-corrected chi connectivity index (χ4v) is 3.50. The summed E-state index contributed by atoms with van der Waals surface area (Å²) in [5, 5.41) is 9.67.